The summed E-state index contributed by atoms with van der Waals surface area (Å²) in [4.78, 5) is 11.5. The second-order valence-electron chi connectivity index (χ2n) is 4.22. The van der Waals surface area contributed by atoms with Crippen LogP contribution in [0.4, 0.5) is 0 Å². The highest BCUT2D eigenvalue weighted by molar-refractivity contribution is 5.78. The molecule has 0 amide bonds. The first-order chi connectivity index (χ1) is 6.60. The molecule has 0 aromatic carbocycles. The van der Waals surface area contributed by atoms with E-state index in [0.29, 0.717) is 18.1 Å². The van der Waals surface area contributed by atoms with Crippen LogP contribution in [-0.2, 0) is 9.53 Å². The van der Waals surface area contributed by atoms with E-state index in [9.17, 15) is 4.79 Å². The predicted octanol–water partition coefficient (Wildman–Crippen LogP) is 3.20. The second kappa shape index (κ2) is 7.98. The van der Waals surface area contributed by atoms with Gasteiger partial charge in [-0.2, -0.15) is 0 Å². The number of methoxy groups -OCH3 is 1. The van der Waals surface area contributed by atoms with Crippen molar-refractivity contribution >= 4 is 5.78 Å². The molecule has 0 saturated heterocycles. The van der Waals surface area contributed by atoms with Gasteiger partial charge in [0.15, 0.2) is 0 Å². The van der Waals surface area contributed by atoms with Gasteiger partial charge in [-0.3, -0.25) is 4.79 Å². The van der Waals surface area contributed by atoms with Crippen LogP contribution in [0.5, 0.6) is 0 Å². The van der Waals surface area contributed by atoms with Gasteiger partial charge in [-0.25, -0.2) is 0 Å². The maximum Gasteiger partial charge on any atom is 0.133 e. The number of hydrogen-bond acceptors (Lipinski definition) is 2. The number of carbonyl (C=O) groups excluding carboxylic acids is 1. The standard InChI is InChI=1S/C12H24O2/c1-5-6-10(2)9-12(13)8-7-11(3)14-4/h10-11H,5-9H2,1-4H3. The Kier molecular flexibility index (Phi) is 7.77. The first-order valence-corrected chi connectivity index (χ1v) is 5.64. The predicted molar refractivity (Wildman–Crippen MR) is 59.4 cm³/mol. The van der Waals surface area contributed by atoms with E-state index >= 15 is 0 Å². The van der Waals surface area contributed by atoms with Crippen LogP contribution in [0.1, 0.15) is 52.9 Å². The topological polar surface area (TPSA) is 26.3 Å². The highest BCUT2D eigenvalue weighted by Crippen LogP contribution is 2.13. The third-order valence-electron chi connectivity index (χ3n) is 2.59. The molecule has 2 nitrogen and oxygen atoms in total. The lowest BCUT2D eigenvalue weighted by Crippen LogP contribution is -2.10. The van der Waals surface area contributed by atoms with Crippen molar-refractivity contribution in [3.05, 3.63) is 0 Å². The van der Waals surface area contributed by atoms with E-state index in [-0.39, 0.29) is 6.10 Å². The van der Waals surface area contributed by atoms with Gasteiger partial charge in [0.2, 0.25) is 0 Å². The van der Waals surface area contributed by atoms with Gasteiger partial charge < -0.3 is 4.74 Å². The molecule has 0 aromatic heterocycles. The van der Waals surface area contributed by atoms with Crippen LogP contribution in [0.25, 0.3) is 0 Å². The number of ketones is 1. The SMILES string of the molecule is CCCC(C)CC(=O)CCC(C)OC. The molecule has 0 N–H and O–H groups in total. The highest BCUT2D eigenvalue weighted by Gasteiger charge is 2.09. The third kappa shape index (κ3) is 7.07. The van der Waals surface area contributed by atoms with Crippen molar-refractivity contribution in [1.82, 2.24) is 0 Å². The van der Waals surface area contributed by atoms with Crippen molar-refractivity contribution in [3.8, 4) is 0 Å². The van der Waals surface area contributed by atoms with Crippen molar-refractivity contribution in [1.29, 1.82) is 0 Å². The maximum atomic E-state index is 11.5. The fraction of sp³-hybridized carbons (Fsp3) is 0.917. The second-order valence-corrected chi connectivity index (χ2v) is 4.22. The van der Waals surface area contributed by atoms with Crippen LogP contribution >= 0.6 is 0 Å². The van der Waals surface area contributed by atoms with Crippen LogP contribution in [-0.4, -0.2) is 19.0 Å². The Bertz CT molecular complexity index is 154. The first-order valence-electron chi connectivity index (χ1n) is 5.64. The number of Topliss-reactive ketones (excluding diaryl/α,β-unsaturated/α-hetero) is 1. The summed E-state index contributed by atoms with van der Waals surface area (Å²) in [6, 6.07) is 0. The summed E-state index contributed by atoms with van der Waals surface area (Å²) in [5.41, 5.74) is 0. The third-order valence-corrected chi connectivity index (χ3v) is 2.59. The van der Waals surface area contributed by atoms with E-state index in [1.165, 1.54) is 6.42 Å². The molecule has 14 heavy (non-hydrogen) atoms. The molecule has 0 aliphatic rings. The maximum absolute atomic E-state index is 11.5. The van der Waals surface area contributed by atoms with Crippen LogP contribution in [0.15, 0.2) is 0 Å². The average molecular weight is 200 g/mol. The number of rotatable bonds is 8. The molecule has 0 radical (unpaired) electrons. The smallest absolute Gasteiger partial charge is 0.133 e. The lowest BCUT2D eigenvalue weighted by Gasteiger charge is -2.11. The van der Waals surface area contributed by atoms with Gasteiger partial charge in [0.1, 0.15) is 5.78 Å². The number of hydrogen-bond donors (Lipinski definition) is 0. The molecule has 0 aliphatic heterocycles. The summed E-state index contributed by atoms with van der Waals surface area (Å²) in [7, 11) is 1.69. The summed E-state index contributed by atoms with van der Waals surface area (Å²) in [6.45, 7) is 6.32. The Morgan fingerprint density at radius 3 is 2.43 bits per heavy atom. The van der Waals surface area contributed by atoms with E-state index in [4.69, 9.17) is 4.74 Å². The van der Waals surface area contributed by atoms with Gasteiger partial charge >= 0.3 is 0 Å². The lowest BCUT2D eigenvalue weighted by atomic mass is 9.97. The number of ether oxygens (including phenoxy) is 1. The molecule has 0 spiro atoms. The summed E-state index contributed by atoms with van der Waals surface area (Å²) >= 11 is 0. The molecule has 0 rings (SSSR count). The Labute approximate surface area is 88.0 Å². The lowest BCUT2D eigenvalue weighted by molar-refractivity contribution is -0.120. The van der Waals surface area contributed by atoms with Crippen LogP contribution < -0.4 is 0 Å². The van der Waals surface area contributed by atoms with Gasteiger partial charge in [-0.05, 0) is 19.3 Å². The molecule has 2 atom stereocenters. The molecule has 2 unspecified atom stereocenters. The molecule has 0 fully saturated rings. The van der Waals surface area contributed by atoms with E-state index in [1.54, 1.807) is 7.11 Å². The van der Waals surface area contributed by atoms with Gasteiger partial charge in [0.25, 0.3) is 0 Å². The van der Waals surface area contributed by atoms with E-state index in [1.807, 2.05) is 6.92 Å². The zero-order chi connectivity index (χ0) is 11.0. The number of carbonyl (C=O) groups is 1. The molecule has 2 heteroatoms. The molecule has 0 saturated carbocycles. The molecule has 0 bridgehead atoms. The van der Waals surface area contributed by atoms with E-state index in [2.05, 4.69) is 13.8 Å². The molecule has 0 aliphatic carbocycles. The summed E-state index contributed by atoms with van der Waals surface area (Å²) in [5.74, 6) is 0.931. The molecule has 0 aromatic rings. The summed E-state index contributed by atoms with van der Waals surface area (Å²) in [5, 5.41) is 0. The molecule has 84 valence electrons. The summed E-state index contributed by atoms with van der Waals surface area (Å²) in [6.07, 6.45) is 4.80. The Morgan fingerprint density at radius 1 is 1.29 bits per heavy atom. The van der Waals surface area contributed by atoms with E-state index < -0.39 is 0 Å². The fourth-order valence-corrected chi connectivity index (χ4v) is 1.57. The minimum Gasteiger partial charge on any atom is -0.382 e. The van der Waals surface area contributed by atoms with Crippen molar-refractivity contribution in [2.45, 2.75) is 59.0 Å². The van der Waals surface area contributed by atoms with Crippen molar-refractivity contribution < 1.29 is 9.53 Å². The minimum absolute atomic E-state index is 0.209. The van der Waals surface area contributed by atoms with Crippen molar-refractivity contribution in [3.63, 3.8) is 0 Å². The fourth-order valence-electron chi connectivity index (χ4n) is 1.57. The Hall–Kier alpha value is -0.370. The zero-order valence-corrected chi connectivity index (χ0v) is 10.0. The Morgan fingerprint density at radius 2 is 1.93 bits per heavy atom. The molecular weight excluding hydrogens is 176 g/mol. The molecule has 0 heterocycles. The largest absolute Gasteiger partial charge is 0.382 e. The Balaban J connectivity index is 3.54. The quantitative estimate of drug-likeness (QED) is 0.601. The normalized spacial score (nSPS) is 15.1. The van der Waals surface area contributed by atoms with Gasteiger partial charge in [-0.15, -0.1) is 0 Å². The zero-order valence-electron chi connectivity index (χ0n) is 10.0. The van der Waals surface area contributed by atoms with Crippen LogP contribution in [0.2, 0.25) is 0 Å². The summed E-state index contributed by atoms with van der Waals surface area (Å²) < 4.78 is 5.10. The van der Waals surface area contributed by atoms with Crippen LogP contribution in [0.3, 0.4) is 0 Å². The van der Waals surface area contributed by atoms with Crippen molar-refractivity contribution in [2.75, 3.05) is 7.11 Å². The van der Waals surface area contributed by atoms with Crippen LogP contribution in [0, 0.1) is 5.92 Å². The molecular formula is C12H24O2. The van der Waals surface area contributed by atoms with Gasteiger partial charge in [-0.1, -0.05) is 26.7 Å². The average Bonchev–Trinajstić information content (AvgIpc) is 2.14. The van der Waals surface area contributed by atoms with Crippen molar-refractivity contribution in [2.24, 2.45) is 5.92 Å². The minimum atomic E-state index is 0.209. The van der Waals surface area contributed by atoms with E-state index in [0.717, 1.165) is 19.3 Å². The van der Waals surface area contributed by atoms with Gasteiger partial charge in [0, 0.05) is 20.0 Å². The highest BCUT2D eigenvalue weighted by atomic mass is 16.5. The monoisotopic (exact) mass is 200 g/mol. The first kappa shape index (κ1) is 13.6. The van der Waals surface area contributed by atoms with Gasteiger partial charge in [0.05, 0.1) is 6.10 Å².